The summed E-state index contributed by atoms with van der Waals surface area (Å²) < 4.78 is 11.9. The summed E-state index contributed by atoms with van der Waals surface area (Å²) in [5.41, 5.74) is 4.95. The van der Waals surface area contributed by atoms with Crippen molar-refractivity contribution in [1.29, 1.82) is 0 Å². The van der Waals surface area contributed by atoms with Gasteiger partial charge in [-0.2, -0.15) is 0 Å². The van der Waals surface area contributed by atoms with Crippen LogP contribution in [0.1, 0.15) is 48.2 Å². The highest BCUT2D eigenvalue weighted by Gasteiger charge is 2.49. The van der Waals surface area contributed by atoms with E-state index >= 15 is 0 Å². The van der Waals surface area contributed by atoms with Gasteiger partial charge in [0, 0.05) is 32.0 Å². The number of hydrogen-bond acceptors (Lipinski definition) is 4. The van der Waals surface area contributed by atoms with Gasteiger partial charge in [0.15, 0.2) is 0 Å². The van der Waals surface area contributed by atoms with E-state index in [-0.39, 0.29) is 5.60 Å². The molecule has 0 saturated carbocycles. The van der Waals surface area contributed by atoms with Gasteiger partial charge >= 0.3 is 0 Å². The monoisotopic (exact) mass is 355 g/mol. The lowest BCUT2D eigenvalue weighted by Crippen LogP contribution is -2.48. The molecule has 5 nitrogen and oxygen atoms in total. The highest BCUT2D eigenvalue weighted by molar-refractivity contribution is 5.38. The summed E-state index contributed by atoms with van der Waals surface area (Å²) in [7, 11) is 1.73. The summed E-state index contributed by atoms with van der Waals surface area (Å²) in [6.07, 6.45) is 5.01. The van der Waals surface area contributed by atoms with Crippen molar-refractivity contribution in [3.63, 3.8) is 0 Å². The van der Waals surface area contributed by atoms with Crippen molar-refractivity contribution in [2.24, 2.45) is 5.92 Å². The van der Waals surface area contributed by atoms with E-state index < -0.39 is 0 Å². The Labute approximate surface area is 155 Å². The average molecular weight is 355 g/mol. The predicted molar refractivity (Wildman–Crippen MR) is 101 cm³/mol. The van der Waals surface area contributed by atoms with E-state index in [1.165, 1.54) is 22.5 Å². The summed E-state index contributed by atoms with van der Waals surface area (Å²) in [4.78, 5) is 8.00. The summed E-state index contributed by atoms with van der Waals surface area (Å²) in [5.74, 6) is 0.759. The Bertz CT molecular complexity index is 744. The van der Waals surface area contributed by atoms with Crippen LogP contribution >= 0.6 is 0 Å². The number of aromatic nitrogens is 2. The van der Waals surface area contributed by atoms with E-state index in [4.69, 9.17) is 9.47 Å². The van der Waals surface area contributed by atoms with Gasteiger partial charge in [0.05, 0.1) is 36.5 Å². The number of benzene rings is 1. The Balaban J connectivity index is 1.76. The molecule has 140 valence electrons. The van der Waals surface area contributed by atoms with Crippen molar-refractivity contribution in [3.8, 4) is 0 Å². The second-order valence-electron chi connectivity index (χ2n) is 7.39. The van der Waals surface area contributed by atoms with Gasteiger partial charge in [-0.05, 0) is 30.4 Å². The second kappa shape index (κ2) is 7.51. The zero-order valence-corrected chi connectivity index (χ0v) is 15.8. The molecule has 0 bridgehead atoms. The van der Waals surface area contributed by atoms with Crippen LogP contribution in [0.2, 0.25) is 0 Å². The maximum absolute atomic E-state index is 6.65. The van der Waals surface area contributed by atoms with E-state index in [1.54, 1.807) is 7.11 Å². The lowest BCUT2D eigenvalue weighted by Gasteiger charge is -2.48. The summed E-state index contributed by atoms with van der Waals surface area (Å²) in [5, 5.41) is 3.58. The number of fused-ring (bicyclic) bond motifs is 2. The first-order chi connectivity index (χ1) is 12.8. The van der Waals surface area contributed by atoms with Crippen LogP contribution < -0.4 is 5.32 Å². The van der Waals surface area contributed by atoms with Crippen LogP contribution in [0, 0.1) is 5.92 Å². The molecule has 3 unspecified atom stereocenters. The van der Waals surface area contributed by atoms with Crippen molar-refractivity contribution in [3.05, 3.63) is 53.1 Å². The molecule has 1 aromatic carbocycles. The fourth-order valence-electron chi connectivity index (χ4n) is 5.04. The molecule has 2 heterocycles. The number of nitrogens with one attached hydrogen (secondary N) is 2. The zero-order chi connectivity index (χ0) is 18.0. The SMILES string of the molecule is CCC1(OCCOC)c2ccccc2CCC1C1CNCc2[nH]cnc21. The van der Waals surface area contributed by atoms with Gasteiger partial charge in [0.1, 0.15) is 0 Å². The third-order valence-corrected chi connectivity index (χ3v) is 6.22. The molecule has 1 aromatic heterocycles. The lowest BCUT2D eigenvalue weighted by molar-refractivity contribution is -0.123. The highest BCUT2D eigenvalue weighted by atomic mass is 16.5. The van der Waals surface area contributed by atoms with Crippen LogP contribution in [-0.2, 0) is 28.0 Å². The topological polar surface area (TPSA) is 59.2 Å². The first-order valence-electron chi connectivity index (χ1n) is 9.74. The van der Waals surface area contributed by atoms with E-state index in [9.17, 15) is 0 Å². The van der Waals surface area contributed by atoms with Crippen LogP contribution in [0.3, 0.4) is 0 Å². The first-order valence-corrected chi connectivity index (χ1v) is 9.74. The fourth-order valence-corrected chi connectivity index (χ4v) is 5.04. The molecule has 4 rings (SSSR count). The van der Waals surface area contributed by atoms with E-state index in [0.717, 1.165) is 32.4 Å². The maximum atomic E-state index is 6.65. The third-order valence-electron chi connectivity index (χ3n) is 6.22. The Hall–Kier alpha value is -1.69. The number of rotatable bonds is 6. The summed E-state index contributed by atoms with van der Waals surface area (Å²) in [6.45, 7) is 5.32. The largest absolute Gasteiger partial charge is 0.382 e. The number of imidazole rings is 1. The zero-order valence-electron chi connectivity index (χ0n) is 15.8. The van der Waals surface area contributed by atoms with Gasteiger partial charge < -0.3 is 19.8 Å². The summed E-state index contributed by atoms with van der Waals surface area (Å²) >= 11 is 0. The molecular weight excluding hydrogens is 326 g/mol. The van der Waals surface area contributed by atoms with Crippen molar-refractivity contribution >= 4 is 0 Å². The third kappa shape index (κ3) is 2.88. The molecule has 1 aliphatic heterocycles. The maximum Gasteiger partial charge on any atom is 0.0967 e. The van der Waals surface area contributed by atoms with Gasteiger partial charge in [-0.1, -0.05) is 31.2 Å². The second-order valence-corrected chi connectivity index (χ2v) is 7.39. The number of hydrogen-bond donors (Lipinski definition) is 2. The Morgan fingerprint density at radius 3 is 3.00 bits per heavy atom. The van der Waals surface area contributed by atoms with E-state index in [1.807, 2.05) is 6.33 Å². The molecule has 26 heavy (non-hydrogen) atoms. The number of aromatic amines is 1. The number of methoxy groups -OCH3 is 1. The van der Waals surface area contributed by atoms with Gasteiger partial charge in [0.25, 0.3) is 0 Å². The fraction of sp³-hybridized carbons (Fsp3) is 0.571. The van der Waals surface area contributed by atoms with Gasteiger partial charge in [0.2, 0.25) is 0 Å². The van der Waals surface area contributed by atoms with Crippen LogP contribution in [0.25, 0.3) is 0 Å². The summed E-state index contributed by atoms with van der Waals surface area (Å²) in [6, 6.07) is 8.81. The number of H-pyrrole nitrogens is 1. The van der Waals surface area contributed by atoms with Crippen LogP contribution in [0.4, 0.5) is 0 Å². The molecule has 1 aliphatic carbocycles. The van der Waals surface area contributed by atoms with Crippen LogP contribution in [0.15, 0.2) is 30.6 Å². The van der Waals surface area contributed by atoms with Crippen molar-refractivity contribution in [2.75, 3.05) is 26.9 Å². The quantitative estimate of drug-likeness (QED) is 0.782. The lowest BCUT2D eigenvalue weighted by atomic mass is 9.64. The molecule has 5 heteroatoms. The molecule has 0 fully saturated rings. The van der Waals surface area contributed by atoms with Gasteiger partial charge in [-0.15, -0.1) is 0 Å². The number of nitrogens with zero attached hydrogens (tertiary/aromatic N) is 1. The number of ether oxygens (including phenoxy) is 2. The number of aryl methyl sites for hydroxylation is 1. The van der Waals surface area contributed by atoms with Crippen molar-refractivity contribution in [1.82, 2.24) is 15.3 Å². The van der Waals surface area contributed by atoms with Crippen LogP contribution in [0.5, 0.6) is 0 Å². The molecule has 0 amide bonds. The Kier molecular flexibility index (Phi) is 5.11. The first kappa shape index (κ1) is 17.7. The van der Waals surface area contributed by atoms with E-state index in [2.05, 4.69) is 46.5 Å². The molecule has 0 spiro atoms. The highest BCUT2D eigenvalue weighted by Crippen LogP contribution is 2.51. The normalized spacial score (nSPS) is 27.8. The minimum absolute atomic E-state index is 0.284. The van der Waals surface area contributed by atoms with Crippen molar-refractivity contribution < 1.29 is 9.47 Å². The molecule has 0 radical (unpaired) electrons. The van der Waals surface area contributed by atoms with E-state index in [0.29, 0.717) is 25.0 Å². The van der Waals surface area contributed by atoms with Crippen LogP contribution in [-0.4, -0.2) is 36.8 Å². The minimum Gasteiger partial charge on any atom is -0.382 e. The molecule has 2 aliphatic rings. The Morgan fingerprint density at radius 2 is 2.15 bits per heavy atom. The smallest absolute Gasteiger partial charge is 0.0967 e. The average Bonchev–Trinajstić information content (AvgIpc) is 3.17. The predicted octanol–water partition coefficient (Wildman–Crippen LogP) is 3.13. The molecule has 0 saturated heterocycles. The molecule has 2 N–H and O–H groups in total. The Morgan fingerprint density at radius 1 is 1.27 bits per heavy atom. The minimum atomic E-state index is -0.284. The molecule has 3 atom stereocenters. The van der Waals surface area contributed by atoms with Gasteiger partial charge in [-0.25, -0.2) is 4.98 Å². The standard InChI is InChI=1S/C21H29N3O2/c1-3-21(26-11-10-25-2)17-7-5-4-6-15(17)8-9-18(21)16-12-22-13-19-20(16)24-14-23-19/h4-7,14,16,18,22H,3,8-13H2,1-2H3,(H,23,24). The van der Waals surface area contributed by atoms with Crippen molar-refractivity contribution in [2.45, 2.75) is 44.2 Å². The molecular formula is C21H29N3O2. The van der Waals surface area contributed by atoms with Gasteiger partial charge in [-0.3, -0.25) is 0 Å². The molecule has 2 aromatic rings.